The minimum atomic E-state index is 0.0254. The Morgan fingerprint density at radius 3 is 2.55 bits per heavy atom. The highest BCUT2D eigenvalue weighted by atomic mass is 32.1. The highest BCUT2D eigenvalue weighted by Gasteiger charge is 1.93. The quantitative estimate of drug-likeness (QED) is 0.398. The third kappa shape index (κ3) is 2.68. The molecule has 1 N–H and O–H groups in total. The first kappa shape index (κ1) is 8.21. The van der Waals surface area contributed by atoms with Gasteiger partial charge >= 0.3 is 0 Å². The summed E-state index contributed by atoms with van der Waals surface area (Å²) in [5.74, 6) is 0. The van der Waals surface area contributed by atoms with Crippen molar-refractivity contribution in [2.24, 2.45) is 0 Å². The van der Waals surface area contributed by atoms with E-state index in [1.54, 1.807) is 6.08 Å². The molecule has 1 unspecified atom stereocenters. The summed E-state index contributed by atoms with van der Waals surface area (Å²) in [5.41, 5.74) is 1.06. The fraction of sp³-hybridized carbons (Fsp3) is 0.111. The molecule has 11 heavy (non-hydrogen) atoms. The molecule has 0 saturated carbocycles. The Balaban J connectivity index is 2.57. The van der Waals surface area contributed by atoms with Gasteiger partial charge in [-0.25, -0.2) is 0 Å². The molecule has 0 spiro atoms. The molecule has 1 rings (SSSR count). The van der Waals surface area contributed by atoms with Gasteiger partial charge in [0.1, 0.15) is 0 Å². The van der Waals surface area contributed by atoms with Crippen molar-refractivity contribution in [1.82, 2.24) is 0 Å². The van der Waals surface area contributed by atoms with E-state index >= 15 is 0 Å². The van der Waals surface area contributed by atoms with E-state index in [9.17, 15) is 0 Å². The van der Waals surface area contributed by atoms with Gasteiger partial charge < -0.3 is 5.32 Å². The number of anilines is 1. The summed E-state index contributed by atoms with van der Waals surface area (Å²) in [4.78, 5) is 0. The average molecular weight is 165 g/mol. The van der Waals surface area contributed by atoms with Crippen molar-refractivity contribution in [3.8, 4) is 0 Å². The number of benzene rings is 1. The van der Waals surface area contributed by atoms with Gasteiger partial charge in [0.05, 0.1) is 5.37 Å². The second-order valence-electron chi connectivity index (χ2n) is 2.19. The van der Waals surface area contributed by atoms with E-state index in [0.717, 1.165) is 5.69 Å². The predicted molar refractivity (Wildman–Crippen MR) is 53.0 cm³/mol. The Labute approximate surface area is 72.5 Å². The van der Waals surface area contributed by atoms with E-state index in [2.05, 4.69) is 24.5 Å². The third-order valence-electron chi connectivity index (χ3n) is 1.31. The standard InChI is InChI=1S/C9H11NS/c1-2-9(11)10-8-6-4-3-5-7-8/h2-7,9-11H,1H2. The van der Waals surface area contributed by atoms with Gasteiger partial charge in [-0.2, -0.15) is 12.6 Å². The Bertz CT molecular complexity index is 220. The van der Waals surface area contributed by atoms with Crippen LogP contribution in [0.2, 0.25) is 0 Å². The normalized spacial score (nSPS) is 12.1. The Morgan fingerprint density at radius 1 is 1.36 bits per heavy atom. The molecule has 0 bridgehead atoms. The molecule has 0 saturated heterocycles. The number of nitrogens with one attached hydrogen (secondary N) is 1. The predicted octanol–water partition coefficient (Wildman–Crippen LogP) is 2.54. The van der Waals surface area contributed by atoms with Gasteiger partial charge in [-0.15, -0.1) is 6.58 Å². The molecule has 58 valence electrons. The van der Waals surface area contributed by atoms with Crippen LogP contribution in [0, 0.1) is 0 Å². The molecule has 0 heterocycles. The van der Waals surface area contributed by atoms with Crippen LogP contribution in [-0.4, -0.2) is 5.37 Å². The molecule has 0 amide bonds. The van der Waals surface area contributed by atoms with E-state index in [1.165, 1.54) is 0 Å². The van der Waals surface area contributed by atoms with Crippen LogP contribution in [0.5, 0.6) is 0 Å². The summed E-state index contributed by atoms with van der Waals surface area (Å²) >= 11 is 4.21. The lowest BCUT2D eigenvalue weighted by molar-refractivity contribution is 1.27. The van der Waals surface area contributed by atoms with Gasteiger partial charge in [-0.1, -0.05) is 24.3 Å². The largest absolute Gasteiger partial charge is 0.370 e. The van der Waals surface area contributed by atoms with E-state index in [4.69, 9.17) is 0 Å². The monoisotopic (exact) mass is 165 g/mol. The first-order valence-electron chi connectivity index (χ1n) is 3.45. The van der Waals surface area contributed by atoms with E-state index in [0.29, 0.717) is 0 Å². The van der Waals surface area contributed by atoms with Gasteiger partial charge in [0.25, 0.3) is 0 Å². The maximum Gasteiger partial charge on any atom is 0.0877 e. The van der Waals surface area contributed by atoms with Crippen molar-refractivity contribution in [1.29, 1.82) is 0 Å². The van der Waals surface area contributed by atoms with Crippen molar-refractivity contribution in [3.63, 3.8) is 0 Å². The minimum Gasteiger partial charge on any atom is -0.370 e. The van der Waals surface area contributed by atoms with Crippen LogP contribution in [0.15, 0.2) is 43.0 Å². The van der Waals surface area contributed by atoms with Crippen LogP contribution >= 0.6 is 12.6 Å². The van der Waals surface area contributed by atoms with Crippen LogP contribution in [0.4, 0.5) is 5.69 Å². The van der Waals surface area contributed by atoms with Crippen molar-refractivity contribution >= 4 is 18.3 Å². The molecule has 0 aliphatic carbocycles. The SMILES string of the molecule is C=CC(S)Nc1ccccc1. The molecule has 2 heteroatoms. The average Bonchev–Trinajstić information content (AvgIpc) is 2.06. The van der Waals surface area contributed by atoms with Crippen LogP contribution in [-0.2, 0) is 0 Å². The van der Waals surface area contributed by atoms with E-state index < -0.39 is 0 Å². The van der Waals surface area contributed by atoms with Crippen LogP contribution in [0.25, 0.3) is 0 Å². The fourth-order valence-electron chi connectivity index (χ4n) is 0.764. The molecule has 1 aromatic carbocycles. The summed E-state index contributed by atoms with van der Waals surface area (Å²) < 4.78 is 0. The molecule has 0 radical (unpaired) electrons. The Morgan fingerprint density at radius 2 is 2.00 bits per heavy atom. The molecule has 0 aromatic heterocycles. The third-order valence-corrected chi connectivity index (χ3v) is 1.65. The number of hydrogen-bond acceptors (Lipinski definition) is 2. The Kier molecular flexibility index (Phi) is 3.05. The summed E-state index contributed by atoms with van der Waals surface area (Å²) in [6, 6.07) is 9.92. The molecule has 1 aromatic rings. The van der Waals surface area contributed by atoms with Gasteiger partial charge in [-0.05, 0) is 12.1 Å². The minimum absolute atomic E-state index is 0.0254. The van der Waals surface area contributed by atoms with Crippen molar-refractivity contribution in [2.45, 2.75) is 5.37 Å². The van der Waals surface area contributed by atoms with E-state index in [1.807, 2.05) is 30.3 Å². The van der Waals surface area contributed by atoms with Crippen LogP contribution in [0.1, 0.15) is 0 Å². The molecular formula is C9H11NS. The zero-order chi connectivity index (χ0) is 8.10. The van der Waals surface area contributed by atoms with Crippen LogP contribution < -0.4 is 5.32 Å². The maximum absolute atomic E-state index is 4.21. The zero-order valence-electron chi connectivity index (χ0n) is 6.20. The summed E-state index contributed by atoms with van der Waals surface area (Å²) in [5, 5.41) is 3.16. The Hall–Kier alpha value is -0.890. The number of thiol groups is 1. The molecule has 0 aliphatic heterocycles. The van der Waals surface area contributed by atoms with Crippen molar-refractivity contribution in [2.75, 3.05) is 5.32 Å². The lowest BCUT2D eigenvalue weighted by Crippen LogP contribution is -2.07. The van der Waals surface area contributed by atoms with Crippen molar-refractivity contribution < 1.29 is 0 Å². The number of hydrogen-bond donors (Lipinski definition) is 2. The molecule has 1 atom stereocenters. The highest BCUT2D eigenvalue weighted by molar-refractivity contribution is 7.81. The topological polar surface area (TPSA) is 12.0 Å². The summed E-state index contributed by atoms with van der Waals surface area (Å²) in [6.07, 6.45) is 1.75. The molecule has 0 fully saturated rings. The van der Waals surface area contributed by atoms with E-state index in [-0.39, 0.29) is 5.37 Å². The van der Waals surface area contributed by atoms with Gasteiger partial charge in [-0.3, -0.25) is 0 Å². The lowest BCUT2D eigenvalue weighted by atomic mass is 10.3. The molecule has 0 aliphatic rings. The van der Waals surface area contributed by atoms with Gasteiger partial charge in [0.2, 0.25) is 0 Å². The highest BCUT2D eigenvalue weighted by Crippen LogP contribution is 2.08. The lowest BCUT2D eigenvalue weighted by Gasteiger charge is -2.08. The van der Waals surface area contributed by atoms with Crippen LogP contribution in [0.3, 0.4) is 0 Å². The zero-order valence-corrected chi connectivity index (χ0v) is 7.09. The second kappa shape index (κ2) is 4.09. The van der Waals surface area contributed by atoms with Gasteiger partial charge in [0, 0.05) is 5.69 Å². The summed E-state index contributed by atoms with van der Waals surface area (Å²) in [6.45, 7) is 3.62. The number of rotatable bonds is 3. The molecule has 1 nitrogen and oxygen atoms in total. The second-order valence-corrected chi connectivity index (χ2v) is 2.75. The first-order valence-corrected chi connectivity index (χ1v) is 3.97. The molecular weight excluding hydrogens is 154 g/mol. The smallest absolute Gasteiger partial charge is 0.0877 e. The first-order chi connectivity index (χ1) is 5.33. The number of para-hydroxylation sites is 1. The van der Waals surface area contributed by atoms with Crippen molar-refractivity contribution in [3.05, 3.63) is 43.0 Å². The maximum atomic E-state index is 4.21. The van der Waals surface area contributed by atoms with Gasteiger partial charge in [0.15, 0.2) is 0 Å². The summed E-state index contributed by atoms with van der Waals surface area (Å²) in [7, 11) is 0. The fourth-order valence-corrected chi connectivity index (χ4v) is 0.913.